The van der Waals surface area contributed by atoms with Crippen molar-refractivity contribution in [2.24, 2.45) is 0 Å². The SMILES string of the molecule is CC=CC(Cl)=CC=Cc1cccc2ccc(CCC(=O)O)nc12. The summed E-state index contributed by atoms with van der Waals surface area (Å²) in [6.45, 7) is 1.91. The minimum absolute atomic E-state index is 0.0816. The molecule has 0 bridgehead atoms. The van der Waals surface area contributed by atoms with Crippen LogP contribution in [-0.2, 0) is 11.2 Å². The van der Waals surface area contributed by atoms with Crippen molar-refractivity contribution in [3.63, 3.8) is 0 Å². The lowest BCUT2D eigenvalue weighted by Crippen LogP contribution is -1.99. The van der Waals surface area contributed by atoms with Crippen molar-refractivity contribution in [1.29, 1.82) is 0 Å². The average molecular weight is 328 g/mol. The normalized spacial score (nSPS) is 12.5. The number of allylic oxidation sites excluding steroid dienone is 5. The summed E-state index contributed by atoms with van der Waals surface area (Å²) in [5, 5.41) is 10.5. The molecule has 0 atom stereocenters. The molecule has 0 spiro atoms. The van der Waals surface area contributed by atoms with Gasteiger partial charge in [0.1, 0.15) is 0 Å². The van der Waals surface area contributed by atoms with E-state index < -0.39 is 5.97 Å². The van der Waals surface area contributed by atoms with Crippen LogP contribution in [0.5, 0.6) is 0 Å². The number of hydrogen-bond donors (Lipinski definition) is 1. The molecule has 3 nitrogen and oxygen atoms in total. The number of aliphatic carboxylic acids is 1. The van der Waals surface area contributed by atoms with E-state index in [1.54, 1.807) is 0 Å². The Morgan fingerprint density at radius 1 is 1.30 bits per heavy atom. The Bertz CT molecular complexity index is 791. The molecule has 23 heavy (non-hydrogen) atoms. The van der Waals surface area contributed by atoms with Crippen LogP contribution in [0, 0.1) is 0 Å². The number of nitrogens with zero attached hydrogens (tertiary/aromatic N) is 1. The Labute approximate surface area is 140 Å². The predicted molar refractivity (Wildman–Crippen MR) is 95.5 cm³/mol. The van der Waals surface area contributed by atoms with Crippen LogP contribution in [0.15, 0.2) is 59.7 Å². The lowest BCUT2D eigenvalue weighted by atomic mass is 10.1. The maximum Gasteiger partial charge on any atom is 0.303 e. The Hall–Kier alpha value is -2.39. The van der Waals surface area contributed by atoms with Gasteiger partial charge in [-0.1, -0.05) is 54.1 Å². The zero-order chi connectivity index (χ0) is 16.7. The minimum atomic E-state index is -0.816. The number of pyridine rings is 1. The third kappa shape index (κ3) is 5.08. The van der Waals surface area contributed by atoms with E-state index in [1.165, 1.54) is 0 Å². The zero-order valence-corrected chi connectivity index (χ0v) is 13.6. The first-order valence-corrected chi connectivity index (χ1v) is 7.75. The highest BCUT2D eigenvalue weighted by Crippen LogP contribution is 2.19. The van der Waals surface area contributed by atoms with Crippen molar-refractivity contribution >= 4 is 34.5 Å². The van der Waals surface area contributed by atoms with E-state index in [0.717, 1.165) is 22.2 Å². The minimum Gasteiger partial charge on any atom is -0.481 e. The van der Waals surface area contributed by atoms with Crippen LogP contribution in [-0.4, -0.2) is 16.1 Å². The fourth-order valence-electron chi connectivity index (χ4n) is 2.18. The first-order chi connectivity index (χ1) is 11.1. The predicted octanol–water partition coefficient (Wildman–Crippen LogP) is 4.96. The molecule has 2 aromatic rings. The van der Waals surface area contributed by atoms with E-state index in [1.807, 2.05) is 67.6 Å². The molecule has 1 N–H and O–H groups in total. The van der Waals surface area contributed by atoms with Gasteiger partial charge in [0, 0.05) is 28.1 Å². The molecular formula is C19H18ClNO2. The molecule has 1 aromatic heterocycles. The fraction of sp³-hybridized carbons (Fsp3) is 0.158. The second-order valence-corrected chi connectivity index (χ2v) is 5.46. The number of hydrogen-bond acceptors (Lipinski definition) is 2. The topological polar surface area (TPSA) is 50.2 Å². The number of para-hydroxylation sites is 1. The van der Waals surface area contributed by atoms with Gasteiger partial charge < -0.3 is 5.11 Å². The Kier molecular flexibility index (Phi) is 6.12. The Balaban J connectivity index is 2.32. The molecule has 1 aromatic carbocycles. The second kappa shape index (κ2) is 8.30. The summed E-state index contributed by atoms with van der Waals surface area (Å²) in [5.74, 6) is -0.816. The van der Waals surface area contributed by atoms with Crippen LogP contribution in [0.25, 0.3) is 17.0 Å². The lowest BCUT2D eigenvalue weighted by molar-refractivity contribution is -0.136. The van der Waals surface area contributed by atoms with Gasteiger partial charge in [0.05, 0.1) is 11.9 Å². The summed E-state index contributed by atoms with van der Waals surface area (Å²) in [6.07, 6.45) is 9.84. The van der Waals surface area contributed by atoms with Crippen molar-refractivity contribution in [2.75, 3.05) is 0 Å². The number of carboxylic acid groups (broad SMARTS) is 1. The molecule has 2 rings (SSSR count). The van der Waals surface area contributed by atoms with Crippen molar-refractivity contribution < 1.29 is 9.90 Å². The second-order valence-electron chi connectivity index (χ2n) is 5.03. The Morgan fingerprint density at radius 2 is 2.13 bits per heavy atom. The van der Waals surface area contributed by atoms with E-state index in [0.29, 0.717) is 11.5 Å². The maximum absolute atomic E-state index is 10.7. The van der Waals surface area contributed by atoms with E-state index >= 15 is 0 Å². The highest BCUT2D eigenvalue weighted by atomic mass is 35.5. The number of carbonyl (C=O) groups is 1. The van der Waals surface area contributed by atoms with E-state index in [-0.39, 0.29) is 6.42 Å². The smallest absolute Gasteiger partial charge is 0.303 e. The number of aromatic nitrogens is 1. The van der Waals surface area contributed by atoms with Crippen LogP contribution in [0.3, 0.4) is 0 Å². The molecule has 1 heterocycles. The fourth-order valence-corrected chi connectivity index (χ4v) is 2.38. The van der Waals surface area contributed by atoms with Gasteiger partial charge in [-0.15, -0.1) is 0 Å². The van der Waals surface area contributed by atoms with E-state index in [2.05, 4.69) is 4.98 Å². The third-order valence-electron chi connectivity index (χ3n) is 3.26. The van der Waals surface area contributed by atoms with E-state index in [4.69, 9.17) is 16.7 Å². The molecule has 0 amide bonds. The van der Waals surface area contributed by atoms with Crippen molar-refractivity contribution in [3.05, 3.63) is 70.9 Å². The molecule has 0 saturated heterocycles. The molecule has 0 fully saturated rings. The first kappa shape index (κ1) is 17.0. The van der Waals surface area contributed by atoms with E-state index in [9.17, 15) is 4.79 Å². The zero-order valence-electron chi connectivity index (χ0n) is 12.9. The van der Waals surface area contributed by atoms with Crippen LogP contribution in [0.2, 0.25) is 0 Å². The number of rotatable bonds is 6. The Morgan fingerprint density at radius 3 is 2.87 bits per heavy atom. The first-order valence-electron chi connectivity index (χ1n) is 7.37. The third-order valence-corrected chi connectivity index (χ3v) is 3.51. The highest BCUT2D eigenvalue weighted by molar-refractivity contribution is 6.31. The molecule has 0 unspecified atom stereocenters. The van der Waals surface area contributed by atoms with Crippen molar-refractivity contribution in [2.45, 2.75) is 19.8 Å². The van der Waals surface area contributed by atoms with Crippen LogP contribution in [0.1, 0.15) is 24.6 Å². The number of carboxylic acids is 1. The van der Waals surface area contributed by atoms with Gasteiger partial charge in [-0.05, 0) is 25.1 Å². The molecule has 0 aliphatic rings. The standard InChI is InChI=1S/C19H18ClNO2/c1-2-5-16(20)9-4-8-14-6-3-7-15-10-11-17(21-19(14)15)12-13-18(22)23/h2-11H,12-13H2,1H3,(H,22,23). The largest absolute Gasteiger partial charge is 0.481 e. The molecule has 0 aliphatic carbocycles. The van der Waals surface area contributed by atoms with Crippen LogP contribution >= 0.6 is 11.6 Å². The van der Waals surface area contributed by atoms with Gasteiger partial charge in [0.25, 0.3) is 0 Å². The number of aryl methyl sites for hydroxylation is 1. The van der Waals surface area contributed by atoms with Gasteiger partial charge >= 0.3 is 5.97 Å². The lowest BCUT2D eigenvalue weighted by Gasteiger charge is -2.04. The van der Waals surface area contributed by atoms with Gasteiger partial charge in [0.15, 0.2) is 0 Å². The summed E-state index contributed by atoms with van der Waals surface area (Å²) in [6, 6.07) is 9.78. The summed E-state index contributed by atoms with van der Waals surface area (Å²) in [7, 11) is 0. The molecule has 0 radical (unpaired) electrons. The maximum atomic E-state index is 10.7. The summed E-state index contributed by atoms with van der Waals surface area (Å²) < 4.78 is 0. The van der Waals surface area contributed by atoms with Gasteiger partial charge in [-0.2, -0.15) is 0 Å². The molecule has 4 heteroatoms. The number of halogens is 1. The van der Waals surface area contributed by atoms with Crippen molar-refractivity contribution in [3.8, 4) is 0 Å². The van der Waals surface area contributed by atoms with Gasteiger partial charge in [-0.25, -0.2) is 0 Å². The van der Waals surface area contributed by atoms with Crippen molar-refractivity contribution in [1.82, 2.24) is 4.98 Å². The number of fused-ring (bicyclic) bond motifs is 1. The number of benzene rings is 1. The van der Waals surface area contributed by atoms with Crippen LogP contribution in [0.4, 0.5) is 0 Å². The molecule has 0 aliphatic heterocycles. The monoisotopic (exact) mass is 327 g/mol. The summed E-state index contributed by atoms with van der Waals surface area (Å²) >= 11 is 6.01. The summed E-state index contributed by atoms with van der Waals surface area (Å²) in [4.78, 5) is 15.3. The molecule has 118 valence electrons. The van der Waals surface area contributed by atoms with Crippen LogP contribution < -0.4 is 0 Å². The highest BCUT2D eigenvalue weighted by Gasteiger charge is 2.04. The average Bonchev–Trinajstić information content (AvgIpc) is 2.53. The molecular weight excluding hydrogens is 310 g/mol. The van der Waals surface area contributed by atoms with Gasteiger partial charge in [-0.3, -0.25) is 9.78 Å². The molecule has 0 saturated carbocycles. The quantitative estimate of drug-likeness (QED) is 0.762. The summed E-state index contributed by atoms with van der Waals surface area (Å²) in [5.41, 5.74) is 2.62. The van der Waals surface area contributed by atoms with Gasteiger partial charge in [0.2, 0.25) is 0 Å².